The number of fused-ring (bicyclic) bond motifs is 3. The number of ether oxygens (including phenoxy) is 2. The summed E-state index contributed by atoms with van der Waals surface area (Å²) in [5.41, 5.74) is 5.29. The molecule has 0 fully saturated rings. The number of hydrogen-bond acceptors (Lipinski definition) is 5. The van der Waals surface area contributed by atoms with E-state index in [1.165, 1.54) is 0 Å². The number of carbonyl (C=O) groups excluding carboxylic acids is 2. The first kappa shape index (κ1) is 28.8. The van der Waals surface area contributed by atoms with E-state index in [1.807, 2.05) is 80.6 Å². The molecule has 0 saturated carbocycles. The van der Waals surface area contributed by atoms with Crippen molar-refractivity contribution in [2.75, 3.05) is 6.61 Å². The smallest absolute Gasteiger partial charge is 0.407 e. The second kappa shape index (κ2) is 13.3. The van der Waals surface area contributed by atoms with Crippen molar-refractivity contribution in [3.8, 4) is 11.1 Å². The van der Waals surface area contributed by atoms with Crippen molar-refractivity contribution in [1.29, 1.82) is 0 Å². The first-order valence-corrected chi connectivity index (χ1v) is 13.6. The first-order chi connectivity index (χ1) is 19.3. The Morgan fingerprint density at radius 2 is 1.40 bits per heavy atom. The van der Waals surface area contributed by atoms with E-state index < -0.39 is 36.2 Å². The van der Waals surface area contributed by atoms with E-state index in [0.717, 1.165) is 27.8 Å². The van der Waals surface area contributed by atoms with Crippen LogP contribution in [0.4, 0.5) is 4.79 Å². The fourth-order valence-corrected chi connectivity index (χ4v) is 4.99. The maximum Gasteiger partial charge on any atom is 0.407 e. The average Bonchev–Trinajstić information content (AvgIpc) is 3.29. The molecule has 3 N–H and O–H groups in total. The van der Waals surface area contributed by atoms with Gasteiger partial charge in [0.2, 0.25) is 5.91 Å². The lowest BCUT2D eigenvalue weighted by atomic mass is 9.97. The Morgan fingerprint density at radius 1 is 0.825 bits per heavy atom. The van der Waals surface area contributed by atoms with Gasteiger partial charge in [0.1, 0.15) is 12.6 Å². The highest BCUT2D eigenvalue weighted by Crippen LogP contribution is 2.44. The third kappa shape index (κ3) is 6.69. The van der Waals surface area contributed by atoms with Crippen LogP contribution in [0, 0.1) is 5.92 Å². The lowest BCUT2D eigenvalue weighted by Crippen LogP contribution is -2.57. The Balaban J connectivity index is 1.39. The number of nitrogens with one attached hydrogen (secondary N) is 2. The molecule has 1 aliphatic carbocycles. The first-order valence-electron chi connectivity index (χ1n) is 13.6. The topological polar surface area (TPSA) is 114 Å². The molecule has 0 heterocycles. The van der Waals surface area contributed by atoms with Crippen molar-refractivity contribution >= 4 is 18.0 Å². The highest BCUT2D eigenvalue weighted by atomic mass is 16.5. The Labute approximate surface area is 234 Å². The summed E-state index contributed by atoms with van der Waals surface area (Å²) in [7, 11) is 0. The summed E-state index contributed by atoms with van der Waals surface area (Å²) in [6.45, 7) is 5.62. The number of hydrogen-bond donors (Lipinski definition) is 3. The predicted octanol–water partition coefficient (Wildman–Crippen LogP) is 5.11. The number of carboxylic acid groups (broad SMARTS) is 1. The molecule has 1 unspecified atom stereocenters. The van der Waals surface area contributed by atoms with E-state index in [1.54, 1.807) is 6.92 Å². The van der Waals surface area contributed by atoms with Gasteiger partial charge in [0, 0.05) is 5.92 Å². The fourth-order valence-electron chi connectivity index (χ4n) is 4.99. The van der Waals surface area contributed by atoms with Crippen LogP contribution in [0.5, 0.6) is 0 Å². The van der Waals surface area contributed by atoms with E-state index in [4.69, 9.17) is 9.47 Å². The normalized spacial score (nSPS) is 15.2. The van der Waals surface area contributed by atoms with E-state index in [9.17, 15) is 19.5 Å². The summed E-state index contributed by atoms with van der Waals surface area (Å²) < 4.78 is 11.4. The Bertz CT molecular complexity index is 1280. The van der Waals surface area contributed by atoms with E-state index in [-0.39, 0.29) is 25.0 Å². The van der Waals surface area contributed by atoms with Crippen LogP contribution in [-0.2, 0) is 25.7 Å². The molecule has 0 saturated heterocycles. The lowest BCUT2D eigenvalue weighted by molar-refractivity contribution is -0.147. The van der Waals surface area contributed by atoms with Gasteiger partial charge in [-0.15, -0.1) is 0 Å². The van der Waals surface area contributed by atoms with Crippen LogP contribution in [0.3, 0.4) is 0 Å². The Morgan fingerprint density at radius 3 is 1.98 bits per heavy atom. The van der Waals surface area contributed by atoms with Gasteiger partial charge in [0.15, 0.2) is 6.04 Å². The minimum Gasteiger partial charge on any atom is -0.480 e. The van der Waals surface area contributed by atoms with Gasteiger partial charge in [-0.05, 0) is 40.7 Å². The van der Waals surface area contributed by atoms with Gasteiger partial charge >= 0.3 is 12.1 Å². The Kier molecular flexibility index (Phi) is 9.56. The highest BCUT2D eigenvalue weighted by Gasteiger charge is 2.34. The predicted molar refractivity (Wildman–Crippen MR) is 152 cm³/mol. The zero-order valence-electron chi connectivity index (χ0n) is 23.0. The van der Waals surface area contributed by atoms with Crippen LogP contribution in [0.2, 0.25) is 0 Å². The molecule has 8 nitrogen and oxygen atoms in total. The molecule has 2 amide bonds. The quantitative estimate of drug-likeness (QED) is 0.292. The summed E-state index contributed by atoms with van der Waals surface area (Å²) in [4.78, 5) is 38.2. The van der Waals surface area contributed by atoms with Crippen LogP contribution in [0.15, 0.2) is 78.9 Å². The van der Waals surface area contributed by atoms with Gasteiger partial charge in [0.05, 0.1) is 12.7 Å². The summed E-state index contributed by atoms with van der Waals surface area (Å²) in [6, 6.07) is 23.2. The maximum absolute atomic E-state index is 13.3. The average molecular weight is 545 g/mol. The number of aliphatic carboxylic acids is 1. The molecule has 210 valence electrons. The molecule has 1 aliphatic rings. The minimum atomic E-state index is -1.30. The molecule has 4 atom stereocenters. The van der Waals surface area contributed by atoms with Crippen molar-refractivity contribution in [3.05, 3.63) is 95.6 Å². The molecule has 0 radical (unpaired) electrons. The third-order valence-corrected chi connectivity index (χ3v) is 7.50. The van der Waals surface area contributed by atoms with Crippen LogP contribution < -0.4 is 10.6 Å². The van der Waals surface area contributed by atoms with Crippen molar-refractivity contribution in [2.24, 2.45) is 5.92 Å². The number of rotatable bonds is 12. The van der Waals surface area contributed by atoms with Gasteiger partial charge in [-0.3, -0.25) is 4.79 Å². The summed E-state index contributed by atoms with van der Waals surface area (Å²) >= 11 is 0. The SMILES string of the molecule is CCC(C)[C@H](NC(=O)OCC1c2ccccc2-c2ccccc21)C(=O)N[C@H](C(=O)O)[C@@H](C)OCc1ccccc1. The molecule has 4 rings (SSSR count). The molecule has 0 aliphatic heterocycles. The van der Waals surface area contributed by atoms with Crippen LogP contribution >= 0.6 is 0 Å². The molecule has 40 heavy (non-hydrogen) atoms. The monoisotopic (exact) mass is 544 g/mol. The summed E-state index contributed by atoms with van der Waals surface area (Å²) in [5.74, 6) is -2.22. The maximum atomic E-state index is 13.3. The molecule has 3 aromatic carbocycles. The minimum absolute atomic E-state index is 0.108. The molecule has 3 aromatic rings. The number of amides is 2. The number of benzene rings is 3. The lowest BCUT2D eigenvalue weighted by Gasteiger charge is -2.27. The van der Waals surface area contributed by atoms with Gasteiger partial charge in [-0.25, -0.2) is 9.59 Å². The third-order valence-electron chi connectivity index (χ3n) is 7.50. The standard InChI is InChI=1S/C32H36N2O6/c1-4-20(2)28(30(35)33-29(31(36)37)21(3)39-18-22-12-6-5-7-13-22)34-32(38)40-19-27-25-16-10-8-14-23(25)24-15-9-11-17-26(24)27/h5-17,20-21,27-29H,4,18-19H2,1-3H3,(H,33,35)(H,34,38)(H,36,37)/t20?,21-,28+,29+/m1/s1. The highest BCUT2D eigenvalue weighted by molar-refractivity contribution is 5.89. The number of carboxylic acids is 1. The zero-order valence-corrected chi connectivity index (χ0v) is 23.0. The van der Waals surface area contributed by atoms with Crippen LogP contribution in [-0.4, -0.2) is 47.9 Å². The zero-order chi connectivity index (χ0) is 28.6. The molecular weight excluding hydrogens is 508 g/mol. The van der Waals surface area contributed by atoms with Gasteiger partial charge in [0.25, 0.3) is 0 Å². The molecule has 0 spiro atoms. The number of alkyl carbamates (subject to hydrolysis) is 1. The summed E-state index contributed by atoms with van der Waals surface area (Å²) in [6.07, 6.45) is -0.962. The van der Waals surface area contributed by atoms with E-state index >= 15 is 0 Å². The number of carbonyl (C=O) groups is 3. The van der Waals surface area contributed by atoms with Crippen LogP contribution in [0.25, 0.3) is 11.1 Å². The molecular formula is C32H36N2O6. The largest absolute Gasteiger partial charge is 0.480 e. The van der Waals surface area contributed by atoms with Crippen molar-refractivity contribution in [2.45, 2.75) is 57.9 Å². The van der Waals surface area contributed by atoms with E-state index in [0.29, 0.717) is 6.42 Å². The van der Waals surface area contributed by atoms with Crippen molar-refractivity contribution < 1.29 is 29.0 Å². The molecule has 8 heteroatoms. The van der Waals surface area contributed by atoms with Gasteiger partial charge in [-0.1, -0.05) is 99.1 Å². The van der Waals surface area contributed by atoms with Gasteiger partial charge in [-0.2, -0.15) is 0 Å². The fraction of sp³-hybridized carbons (Fsp3) is 0.344. The van der Waals surface area contributed by atoms with Gasteiger partial charge < -0.3 is 25.2 Å². The molecule has 0 bridgehead atoms. The van der Waals surface area contributed by atoms with Crippen LogP contribution in [0.1, 0.15) is 49.8 Å². The van der Waals surface area contributed by atoms with E-state index in [2.05, 4.69) is 22.8 Å². The second-order valence-corrected chi connectivity index (χ2v) is 10.2. The van der Waals surface area contributed by atoms with Crippen molar-refractivity contribution in [3.63, 3.8) is 0 Å². The second-order valence-electron chi connectivity index (χ2n) is 10.2. The Hall–Kier alpha value is -4.17. The van der Waals surface area contributed by atoms with Crippen molar-refractivity contribution in [1.82, 2.24) is 10.6 Å². The molecule has 0 aromatic heterocycles. The summed E-state index contributed by atoms with van der Waals surface area (Å²) in [5, 5.41) is 15.0.